The van der Waals surface area contributed by atoms with Gasteiger partial charge in [-0.25, -0.2) is 0 Å². The highest BCUT2D eigenvalue weighted by atomic mass is 16.5. The monoisotopic (exact) mass is 195 g/mol. The van der Waals surface area contributed by atoms with Crippen LogP contribution < -0.4 is 5.32 Å². The molecule has 0 radical (unpaired) electrons. The van der Waals surface area contributed by atoms with Crippen LogP contribution in [-0.2, 0) is 11.3 Å². The Morgan fingerprint density at radius 3 is 3.07 bits per heavy atom. The van der Waals surface area contributed by atoms with Crippen LogP contribution in [0.4, 0.5) is 0 Å². The lowest BCUT2D eigenvalue weighted by Crippen LogP contribution is -2.30. The van der Waals surface area contributed by atoms with E-state index in [1.54, 1.807) is 6.20 Å². The van der Waals surface area contributed by atoms with E-state index in [1.807, 2.05) is 19.1 Å². The second-order valence-corrected chi connectivity index (χ2v) is 3.16. The van der Waals surface area contributed by atoms with E-state index in [1.165, 1.54) is 0 Å². The first-order chi connectivity index (χ1) is 6.83. The molecule has 1 N–H and O–H groups in total. The molecule has 14 heavy (non-hydrogen) atoms. The molecule has 1 rings (SSSR count). The highest BCUT2D eigenvalue weighted by molar-refractivity contribution is 4.98. The van der Waals surface area contributed by atoms with Gasteiger partial charge < -0.3 is 10.1 Å². The lowest BCUT2D eigenvalue weighted by molar-refractivity contribution is 0.127. The zero-order valence-corrected chi connectivity index (χ0v) is 8.73. The van der Waals surface area contributed by atoms with Gasteiger partial charge in [0, 0.05) is 25.4 Å². The van der Waals surface area contributed by atoms with E-state index in [2.05, 4.69) is 22.4 Å². The fourth-order valence-corrected chi connectivity index (χ4v) is 1.06. The van der Waals surface area contributed by atoms with E-state index in [4.69, 9.17) is 4.74 Å². The molecule has 1 atom stereocenters. The van der Waals surface area contributed by atoms with E-state index < -0.39 is 0 Å². The zero-order chi connectivity index (χ0) is 10.2. The number of nitrogens with zero attached hydrogens (tertiary/aromatic N) is 2. The van der Waals surface area contributed by atoms with Crippen molar-refractivity contribution in [3.8, 4) is 0 Å². The third-order valence-electron chi connectivity index (χ3n) is 1.83. The summed E-state index contributed by atoms with van der Waals surface area (Å²) in [6.45, 7) is 6.32. The average molecular weight is 195 g/mol. The molecule has 4 heteroatoms. The molecule has 1 aromatic rings. The molecule has 1 unspecified atom stereocenters. The molecular formula is C10H17N3O. The van der Waals surface area contributed by atoms with Crippen molar-refractivity contribution < 1.29 is 4.74 Å². The minimum Gasteiger partial charge on any atom is -0.380 e. The fraction of sp³-hybridized carbons (Fsp3) is 0.600. The van der Waals surface area contributed by atoms with Gasteiger partial charge in [0.1, 0.15) is 0 Å². The Morgan fingerprint density at radius 2 is 2.43 bits per heavy atom. The Bertz CT molecular complexity index is 240. The minimum absolute atomic E-state index is 0.344. The van der Waals surface area contributed by atoms with Crippen LogP contribution in [0.25, 0.3) is 0 Å². The van der Waals surface area contributed by atoms with Crippen molar-refractivity contribution >= 4 is 0 Å². The molecule has 4 nitrogen and oxygen atoms in total. The van der Waals surface area contributed by atoms with Gasteiger partial charge >= 0.3 is 0 Å². The van der Waals surface area contributed by atoms with Crippen LogP contribution in [0.15, 0.2) is 18.3 Å². The van der Waals surface area contributed by atoms with Gasteiger partial charge in [0.15, 0.2) is 0 Å². The Kier molecular flexibility index (Phi) is 5.11. The zero-order valence-electron chi connectivity index (χ0n) is 8.73. The third-order valence-corrected chi connectivity index (χ3v) is 1.83. The van der Waals surface area contributed by atoms with Crippen LogP contribution in [0.2, 0.25) is 0 Å². The normalized spacial score (nSPS) is 12.7. The molecule has 0 aliphatic heterocycles. The maximum atomic E-state index is 5.29. The number of rotatable bonds is 6. The van der Waals surface area contributed by atoms with Crippen LogP contribution in [0.1, 0.15) is 19.5 Å². The molecule has 78 valence electrons. The highest BCUT2D eigenvalue weighted by Gasteiger charge is 2.01. The SMILES string of the molecule is CCOCC(C)NCc1cccnn1. The van der Waals surface area contributed by atoms with Crippen LogP contribution in [0, 0.1) is 0 Å². The van der Waals surface area contributed by atoms with Crippen molar-refractivity contribution in [2.45, 2.75) is 26.4 Å². The molecule has 1 aromatic heterocycles. The fourth-order valence-electron chi connectivity index (χ4n) is 1.06. The van der Waals surface area contributed by atoms with Gasteiger partial charge in [-0.1, -0.05) is 0 Å². The summed E-state index contributed by atoms with van der Waals surface area (Å²) in [5, 5.41) is 11.1. The molecule has 0 saturated heterocycles. The van der Waals surface area contributed by atoms with Gasteiger partial charge in [-0.2, -0.15) is 10.2 Å². The number of hydrogen-bond donors (Lipinski definition) is 1. The summed E-state index contributed by atoms with van der Waals surface area (Å²) < 4.78 is 5.29. The third kappa shape index (κ3) is 4.30. The van der Waals surface area contributed by atoms with Crippen molar-refractivity contribution in [1.82, 2.24) is 15.5 Å². The lowest BCUT2D eigenvalue weighted by atomic mass is 10.3. The molecule has 0 spiro atoms. The summed E-state index contributed by atoms with van der Waals surface area (Å²) in [7, 11) is 0. The molecule has 0 bridgehead atoms. The molecule has 0 fully saturated rings. The van der Waals surface area contributed by atoms with E-state index in [-0.39, 0.29) is 0 Å². The largest absolute Gasteiger partial charge is 0.380 e. The van der Waals surface area contributed by atoms with Crippen molar-refractivity contribution in [2.24, 2.45) is 0 Å². The second kappa shape index (κ2) is 6.45. The predicted octanol–water partition coefficient (Wildman–Crippen LogP) is 0.991. The van der Waals surface area contributed by atoms with E-state index in [9.17, 15) is 0 Å². The summed E-state index contributed by atoms with van der Waals surface area (Å²) in [6, 6.07) is 4.18. The molecule has 0 aliphatic rings. The van der Waals surface area contributed by atoms with Crippen LogP contribution in [0.5, 0.6) is 0 Å². The Morgan fingerprint density at radius 1 is 1.57 bits per heavy atom. The highest BCUT2D eigenvalue weighted by Crippen LogP contribution is 1.92. The Balaban J connectivity index is 2.20. The summed E-state index contributed by atoms with van der Waals surface area (Å²) >= 11 is 0. The number of ether oxygens (including phenoxy) is 1. The van der Waals surface area contributed by atoms with Crippen molar-refractivity contribution in [2.75, 3.05) is 13.2 Å². The van der Waals surface area contributed by atoms with Gasteiger partial charge in [-0.3, -0.25) is 0 Å². The van der Waals surface area contributed by atoms with Gasteiger partial charge in [0.05, 0.1) is 12.3 Å². The maximum Gasteiger partial charge on any atom is 0.0769 e. The van der Waals surface area contributed by atoms with Crippen molar-refractivity contribution in [3.05, 3.63) is 24.0 Å². The van der Waals surface area contributed by atoms with E-state index in [0.717, 1.165) is 25.5 Å². The Labute approximate surface area is 84.7 Å². The first-order valence-corrected chi connectivity index (χ1v) is 4.90. The standard InChI is InChI=1S/C10H17N3O/c1-3-14-8-9(2)11-7-10-5-4-6-12-13-10/h4-6,9,11H,3,7-8H2,1-2H3. The summed E-state index contributed by atoms with van der Waals surface area (Å²) in [6.07, 6.45) is 1.67. The van der Waals surface area contributed by atoms with Crippen LogP contribution in [-0.4, -0.2) is 29.5 Å². The van der Waals surface area contributed by atoms with Gasteiger partial charge in [-0.15, -0.1) is 0 Å². The number of aromatic nitrogens is 2. The van der Waals surface area contributed by atoms with Crippen molar-refractivity contribution in [3.63, 3.8) is 0 Å². The summed E-state index contributed by atoms with van der Waals surface area (Å²) in [5.74, 6) is 0. The number of nitrogens with one attached hydrogen (secondary N) is 1. The molecule has 0 amide bonds. The first kappa shape index (κ1) is 11.1. The average Bonchev–Trinajstić information content (AvgIpc) is 2.25. The van der Waals surface area contributed by atoms with Gasteiger partial charge in [0.25, 0.3) is 0 Å². The van der Waals surface area contributed by atoms with Crippen LogP contribution in [0.3, 0.4) is 0 Å². The summed E-state index contributed by atoms with van der Waals surface area (Å²) in [4.78, 5) is 0. The topological polar surface area (TPSA) is 47.0 Å². The Hall–Kier alpha value is -1.00. The second-order valence-electron chi connectivity index (χ2n) is 3.16. The van der Waals surface area contributed by atoms with E-state index >= 15 is 0 Å². The first-order valence-electron chi connectivity index (χ1n) is 4.90. The van der Waals surface area contributed by atoms with Crippen LogP contribution >= 0.6 is 0 Å². The molecule has 1 heterocycles. The van der Waals surface area contributed by atoms with Crippen molar-refractivity contribution in [1.29, 1.82) is 0 Å². The predicted molar refractivity (Wildman–Crippen MR) is 54.8 cm³/mol. The van der Waals surface area contributed by atoms with Gasteiger partial charge in [-0.05, 0) is 26.0 Å². The molecular weight excluding hydrogens is 178 g/mol. The smallest absolute Gasteiger partial charge is 0.0769 e. The maximum absolute atomic E-state index is 5.29. The van der Waals surface area contributed by atoms with E-state index in [0.29, 0.717) is 6.04 Å². The minimum atomic E-state index is 0.344. The van der Waals surface area contributed by atoms with Gasteiger partial charge in [0.2, 0.25) is 0 Å². The molecule has 0 aliphatic carbocycles. The number of hydrogen-bond acceptors (Lipinski definition) is 4. The molecule has 0 aromatic carbocycles. The quantitative estimate of drug-likeness (QED) is 0.735. The summed E-state index contributed by atoms with van der Waals surface area (Å²) in [5.41, 5.74) is 0.954. The molecule has 0 saturated carbocycles. The lowest BCUT2D eigenvalue weighted by Gasteiger charge is -2.12.